The third-order valence-corrected chi connectivity index (χ3v) is 2.64. The van der Waals surface area contributed by atoms with Gasteiger partial charge in [-0.25, -0.2) is 4.68 Å². The number of hydrogen-bond donors (Lipinski definition) is 1. The standard InChI is InChI=1S/C12H22N4O2/c1-5-6-7-15-11(13)10(16(17)18)9(14-15)8-12(2,3)4/h5-8,13H2,1-4H3. The first-order chi connectivity index (χ1) is 8.26. The highest BCUT2D eigenvalue weighted by atomic mass is 16.6. The predicted octanol–water partition coefficient (Wildman–Crippen LogP) is 2.76. The van der Waals surface area contributed by atoms with Crippen LogP contribution in [0.25, 0.3) is 0 Å². The number of anilines is 1. The Hall–Kier alpha value is -1.59. The molecule has 6 nitrogen and oxygen atoms in total. The van der Waals surface area contributed by atoms with Crippen LogP contribution in [0, 0.1) is 15.5 Å². The zero-order valence-electron chi connectivity index (χ0n) is 11.6. The quantitative estimate of drug-likeness (QED) is 0.646. The fraction of sp³-hybridized carbons (Fsp3) is 0.750. The predicted molar refractivity (Wildman–Crippen MR) is 71.4 cm³/mol. The van der Waals surface area contributed by atoms with Crippen LogP contribution in [0.1, 0.15) is 46.2 Å². The zero-order chi connectivity index (χ0) is 13.9. The van der Waals surface area contributed by atoms with Crippen molar-refractivity contribution in [3.8, 4) is 0 Å². The number of hydrogen-bond acceptors (Lipinski definition) is 4. The van der Waals surface area contributed by atoms with E-state index in [1.807, 2.05) is 20.8 Å². The summed E-state index contributed by atoms with van der Waals surface area (Å²) in [5, 5.41) is 15.4. The van der Waals surface area contributed by atoms with Gasteiger partial charge in [-0.05, 0) is 11.8 Å². The lowest BCUT2D eigenvalue weighted by Crippen LogP contribution is -2.11. The lowest BCUT2D eigenvalue weighted by Gasteiger charge is -2.15. The second kappa shape index (κ2) is 5.37. The Labute approximate surface area is 107 Å². The maximum absolute atomic E-state index is 11.1. The average molecular weight is 254 g/mol. The summed E-state index contributed by atoms with van der Waals surface area (Å²) in [6, 6.07) is 0. The van der Waals surface area contributed by atoms with E-state index in [4.69, 9.17) is 5.73 Å². The van der Waals surface area contributed by atoms with Crippen molar-refractivity contribution in [2.24, 2.45) is 5.41 Å². The van der Waals surface area contributed by atoms with Gasteiger partial charge < -0.3 is 5.73 Å². The van der Waals surface area contributed by atoms with Gasteiger partial charge in [0.05, 0.1) is 4.92 Å². The Kier molecular flexibility index (Phi) is 4.32. The first-order valence-corrected chi connectivity index (χ1v) is 6.26. The van der Waals surface area contributed by atoms with Crippen LogP contribution in [-0.4, -0.2) is 14.7 Å². The number of rotatable bonds is 5. The van der Waals surface area contributed by atoms with E-state index in [0.717, 1.165) is 12.8 Å². The highest BCUT2D eigenvalue weighted by Crippen LogP contribution is 2.31. The van der Waals surface area contributed by atoms with Crippen LogP contribution in [0.3, 0.4) is 0 Å². The minimum atomic E-state index is -0.425. The van der Waals surface area contributed by atoms with Crippen LogP contribution in [0.2, 0.25) is 0 Å². The smallest absolute Gasteiger partial charge is 0.333 e. The van der Waals surface area contributed by atoms with E-state index in [1.165, 1.54) is 0 Å². The van der Waals surface area contributed by atoms with Gasteiger partial charge in [-0.15, -0.1) is 0 Å². The van der Waals surface area contributed by atoms with E-state index in [9.17, 15) is 10.1 Å². The fourth-order valence-corrected chi connectivity index (χ4v) is 1.82. The summed E-state index contributed by atoms with van der Waals surface area (Å²) < 4.78 is 1.56. The highest BCUT2D eigenvalue weighted by molar-refractivity contribution is 5.56. The zero-order valence-corrected chi connectivity index (χ0v) is 11.6. The van der Waals surface area contributed by atoms with Crippen molar-refractivity contribution in [3.63, 3.8) is 0 Å². The third-order valence-electron chi connectivity index (χ3n) is 2.64. The number of nitrogens with zero attached hydrogens (tertiary/aromatic N) is 3. The molecule has 6 heteroatoms. The van der Waals surface area contributed by atoms with Gasteiger partial charge in [0.15, 0.2) is 0 Å². The normalized spacial score (nSPS) is 11.8. The van der Waals surface area contributed by atoms with Gasteiger partial charge >= 0.3 is 5.69 Å². The van der Waals surface area contributed by atoms with Crippen molar-refractivity contribution >= 4 is 11.5 Å². The van der Waals surface area contributed by atoms with E-state index in [2.05, 4.69) is 12.0 Å². The molecular weight excluding hydrogens is 232 g/mol. The van der Waals surface area contributed by atoms with E-state index in [0.29, 0.717) is 18.7 Å². The van der Waals surface area contributed by atoms with Gasteiger partial charge in [-0.1, -0.05) is 34.1 Å². The lowest BCUT2D eigenvalue weighted by molar-refractivity contribution is -0.384. The van der Waals surface area contributed by atoms with Gasteiger partial charge in [-0.3, -0.25) is 10.1 Å². The van der Waals surface area contributed by atoms with Crippen LogP contribution >= 0.6 is 0 Å². The topological polar surface area (TPSA) is 87.0 Å². The van der Waals surface area contributed by atoms with Crippen LogP contribution < -0.4 is 5.73 Å². The summed E-state index contributed by atoms with van der Waals surface area (Å²) in [6.45, 7) is 8.77. The van der Waals surface area contributed by atoms with E-state index < -0.39 is 4.92 Å². The average Bonchev–Trinajstić information content (AvgIpc) is 2.49. The van der Waals surface area contributed by atoms with Crippen LogP contribution in [-0.2, 0) is 13.0 Å². The third kappa shape index (κ3) is 3.45. The second-order valence-corrected chi connectivity index (χ2v) is 5.75. The fourth-order valence-electron chi connectivity index (χ4n) is 1.82. The number of nitrogens with two attached hydrogens (primary N) is 1. The van der Waals surface area contributed by atoms with E-state index in [1.54, 1.807) is 4.68 Å². The summed E-state index contributed by atoms with van der Waals surface area (Å²) in [6.07, 6.45) is 2.46. The van der Waals surface area contributed by atoms with Crippen molar-refractivity contribution < 1.29 is 4.92 Å². The molecule has 0 unspecified atom stereocenters. The molecule has 18 heavy (non-hydrogen) atoms. The molecule has 0 radical (unpaired) electrons. The minimum absolute atomic E-state index is 0.0268. The first kappa shape index (κ1) is 14.5. The molecule has 0 aromatic carbocycles. The number of aromatic nitrogens is 2. The molecule has 2 N–H and O–H groups in total. The van der Waals surface area contributed by atoms with Crippen molar-refractivity contribution in [1.82, 2.24) is 9.78 Å². The maximum Gasteiger partial charge on any atom is 0.333 e. The van der Waals surface area contributed by atoms with Crippen LogP contribution in [0.4, 0.5) is 11.5 Å². The number of nitro groups is 1. The molecule has 0 aliphatic carbocycles. The molecule has 0 saturated heterocycles. The number of nitrogen functional groups attached to an aromatic ring is 1. The van der Waals surface area contributed by atoms with Crippen molar-refractivity contribution in [3.05, 3.63) is 15.8 Å². The summed E-state index contributed by atoms with van der Waals surface area (Å²) in [5.74, 6) is 0.174. The molecule has 1 heterocycles. The van der Waals surface area contributed by atoms with Gasteiger partial charge in [0.1, 0.15) is 5.69 Å². The molecule has 0 bridgehead atoms. The van der Waals surface area contributed by atoms with Crippen LogP contribution in [0.5, 0.6) is 0 Å². The molecule has 1 aromatic heterocycles. The summed E-state index contributed by atoms with van der Waals surface area (Å²) in [7, 11) is 0. The van der Waals surface area contributed by atoms with E-state index >= 15 is 0 Å². The maximum atomic E-state index is 11.1. The molecule has 0 fully saturated rings. The number of aryl methyl sites for hydroxylation is 1. The summed E-state index contributed by atoms with van der Waals surface area (Å²) in [5.41, 5.74) is 6.23. The Morgan fingerprint density at radius 1 is 1.44 bits per heavy atom. The van der Waals surface area contributed by atoms with Crippen molar-refractivity contribution in [1.29, 1.82) is 0 Å². The SMILES string of the molecule is CCCCn1nc(CC(C)(C)C)c([N+](=O)[O-])c1N. The molecule has 102 valence electrons. The Bertz CT molecular complexity index is 432. The molecule has 0 saturated carbocycles. The van der Waals surface area contributed by atoms with Crippen LogP contribution in [0.15, 0.2) is 0 Å². The second-order valence-electron chi connectivity index (χ2n) is 5.75. The molecule has 0 spiro atoms. The summed E-state index contributed by atoms with van der Waals surface area (Å²) in [4.78, 5) is 10.7. The molecular formula is C12H22N4O2. The molecule has 0 amide bonds. The largest absolute Gasteiger partial charge is 0.378 e. The molecule has 0 aliphatic rings. The Balaban J connectivity index is 3.11. The minimum Gasteiger partial charge on any atom is -0.378 e. The number of unbranched alkanes of at least 4 members (excludes halogenated alkanes) is 1. The van der Waals surface area contributed by atoms with Gasteiger partial charge in [-0.2, -0.15) is 5.10 Å². The Morgan fingerprint density at radius 2 is 2.06 bits per heavy atom. The monoisotopic (exact) mass is 254 g/mol. The van der Waals surface area contributed by atoms with Gasteiger partial charge in [0.2, 0.25) is 5.82 Å². The lowest BCUT2D eigenvalue weighted by atomic mass is 9.90. The van der Waals surface area contributed by atoms with Gasteiger partial charge in [0.25, 0.3) is 0 Å². The van der Waals surface area contributed by atoms with Crippen molar-refractivity contribution in [2.45, 2.75) is 53.5 Å². The molecule has 1 rings (SSSR count). The van der Waals surface area contributed by atoms with Gasteiger partial charge in [0, 0.05) is 13.0 Å². The Morgan fingerprint density at radius 3 is 2.50 bits per heavy atom. The summed E-state index contributed by atoms with van der Waals surface area (Å²) >= 11 is 0. The molecule has 1 aromatic rings. The highest BCUT2D eigenvalue weighted by Gasteiger charge is 2.28. The molecule has 0 aliphatic heterocycles. The molecule has 0 atom stereocenters. The van der Waals surface area contributed by atoms with Crippen molar-refractivity contribution in [2.75, 3.05) is 5.73 Å². The first-order valence-electron chi connectivity index (χ1n) is 6.26. The van der Waals surface area contributed by atoms with E-state index in [-0.39, 0.29) is 16.9 Å².